The van der Waals surface area contributed by atoms with Crippen molar-refractivity contribution < 1.29 is 19.1 Å². The van der Waals surface area contributed by atoms with E-state index in [0.29, 0.717) is 17.0 Å². The maximum atomic E-state index is 12.3. The van der Waals surface area contributed by atoms with Crippen molar-refractivity contribution in [1.29, 1.82) is 0 Å². The molecule has 2 rings (SSSR count). The topological polar surface area (TPSA) is 108 Å². The fraction of sp³-hybridized carbons (Fsp3) is 0.588. The first-order chi connectivity index (χ1) is 12.7. The predicted molar refractivity (Wildman–Crippen MR) is 100 cm³/mol. The van der Waals surface area contributed by atoms with Crippen molar-refractivity contribution in [2.45, 2.75) is 46.8 Å². The molecule has 0 aromatic carbocycles. The minimum atomic E-state index is -0.698. The van der Waals surface area contributed by atoms with Crippen LogP contribution in [0.2, 0.25) is 5.28 Å². The molecule has 9 nitrogen and oxygen atoms in total. The Morgan fingerprint density at radius 1 is 1.33 bits per heavy atom. The number of ether oxygens (including phenoxy) is 2. The first kappa shape index (κ1) is 20.9. The molecule has 0 aliphatic carbocycles. The second-order valence-corrected chi connectivity index (χ2v) is 7.31. The molecule has 2 heterocycles. The van der Waals surface area contributed by atoms with Crippen LogP contribution in [0.15, 0.2) is 6.33 Å². The molecule has 0 saturated carbocycles. The van der Waals surface area contributed by atoms with E-state index in [1.807, 2.05) is 0 Å². The first-order valence-corrected chi connectivity index (χ1v) is 8.96. The predicted octanol–water partition coefficient (Wildman–Crippen LogP) is 2.43. The molecule has 0 amide bonds. The summed E-state index contributed by atoms with van der Waals surface area (Å²) in [5.74, 6) is -0.275. The van der Waals surface area contributed by atoms with E-state index >= 15 is 0 Å². The molecule has 0 saturated heterocycles. The summed E-state index contributed by atoms with van der Waals surface area (Å²) in [7, 11) is 1.70. The van der Waals surface area contributed by atoms with Crippen molar-refractivity contribution in [2.75, 3.05) is 19.0 Å². The van der Waals surface area contributed by atoms with E-state index in [4.69, 9.17) is 21.1 Å². The van der Waals surface area contributed by atoms with Gasteiger partial charge in [0.2, 0.25) is 5.28 Å². The number of fused-ring (bicyclic) bond motifs is 1. The summed E-state index contributed by atoms with van der Waals surface area (Å²) in [6.45, 7) is 7.09. The van der Waals surface area contributed by atoms with Gasteiger partial charge in [-0.2, -0.15) is 9.97 Å². The van der Waals surface area contributed by atoms with Crippen LogP contribution in [-0.2, 0) is 25.6 Å². The van der Waals surface area contributed by atoms with Crippen molar-refractivity contribution in [3.8, 4) is 0 Å². The zero-order valence-corrected chi connectivity index (χ0v) is 16.8. The van der Waals surface area contributed by atoms with Gasteiger partial charge in [-0.25, -0.2) is 4.98 Å². The van der Waals surface area contributed by atoms with Crippen molar-refractivity contribution in [2.24, 2.45) is 5.41 Å². The van der Waals surface area contributed by atoms with E-state index in [1.54, 1.807) is 45.6 Å². The summed E-state index contributed by atoms with van der Waals surface area (Å²) in [6, 6.07) is 0. The number of carbonyl (C=O) groups excluding carboxylic acids is 2. The monoisotopic (exact) mass is 397 g/mol. The SMILES string of the molecule is CCC(=O)OCC(Cn1cnc2c(NC)nc(Cl)nc21)OC(=O)C(C)(C)C. The lowest BCUT2D eigenvalue weighted by Gasteiger charge is -2.23. The van der Waals surface area contributed by atoms with Crippen LogP contribution >= 0.6 is 11.6 Å². The van der Waals surface area contributed by atoms with Crippen LogP contribution in [0.3, 0.4) is 0 Å². The highest BCUT2D eigenvalue weighted by atomic mass is 35.5. The third-order valence-electron chi connectivity index (χ3n) is 3.68. The van der Waals surface area contributed by atoms with Gasteiger partial charge in [-0.3, -0.25) is 9.59 Å². The summed E-state index contributed by atoms with van der Waals surface area (Å²) in [4.78, 5) is 36.4. The Morgan fingerprint density at radius 3 is 2.63 bits per heavy atom. The fourth-order valence-corrected chi connectivity index (χ4v) is 2.35. The second-order valence-electron chi connectivity index (χ2n) is 6.97. The van der Waals surface area contributed by atoms with Gasteiger partial charge in [-0.05, 0) is 32.4 Å². The molecule has 1 N–H and O–H groups in total. The lowest BCUT2D eigenvalue weighted by molar-refractivity contribution is -0.166. The van der Waals surface area contributed by atoms with Gasteiger partial charge in [0, 0.05) is 13.5 Å². The molecule has 1 atom stereocenters. The van der Waals surface area contributed by atoms with E-state index in [0.717, 1.165) is 0 Å². The number of anilines is 1. The summed E-state index contributed by atoms with van der Waals surface area (Å²) in [5.41, 5.74) is 0.334. The number of nitrogens with zero attached hydrogens (tertiary/aromatic N) is 4. The van der Waals surface area contributed by atoms with E-state index in [2.05, 4.69) is 20.3 Å². The van der Waals surface area contributed by atoms with Crippen LogP contribution < -0.4 is 5.32 Å². The Morgan fingerprint density at radius 2 is 2.04 bits per heavy atom. The van der Waals surface area contributed by atoms with Gasteiger partial charge in [0.25, 0.3) is 0 Å². The highest BCUT2D eigenvalue weighted by Crippen LogP contribution is 2.22. The zero-order valence-electron chi connectivity index (χ0n) is 16.1. The van der Waals surface area contributed by atoms with Crippen molar-refractivity contribution in [1.82, 2.24) is 19.5 Å². The number of carbonyl (C=O) groups is 2. The third kappa shape index (κ3) is 5.29. The largest absolute Gasteiger partial charge is 0.462 e. The minimum absolute atomic E-state index is 0.0636. The number of hydrogen-bond acceptors (Lipinski definition) is 8. The minimum Gasteiger partial charge on any atom is -0.462 e. The third-order valence-corrected chi connectivity index (χ3v) is 3.85. The van der Waals surface area contributed by atoms with Crippen LogP contribution in [-0.4, -0.2) is 51.2 Å². The molecule has 0 bridgehead atoms. The lowest BCUT2D eigenvalue weighted by Crippen LogP contribution is -2.34. The summed E-state index contributed by atoms with van der Waals surface area (Å²) in [6.07, 6.45) is 1.09. The molecule has 27 heavy (non-hydrogen) atoms. The molecule has 148 valence electrons. The van der Waals surface area contributed by atoms with Crippen LogP contribution in [0.1, 0.15) is 34.1 Å². The van der Waals surface area contributed by atoms with E-state index in [9.17, 15) is 9.59 Å². The van der Waals surface area contributed by atoms with Crippen LogP contribution in [0.25, 0.3) is 11.2 Å². The molecule has 10 heteroatoms. The summed E-state index contributed by atoms with van der Waals surface area (Å²) in [5, 5.41) is 2.98. The lowest BCUT2D eigenvalue weighted by atomic mass is 9.97. The van der Waals surface area contributed by atoms with Gasteiger partial charge in [0.1, 0.15) is 6.61 Å². The average molecular weight is 398 g/mol. The van der Waals surface area contributed by atoms with Crippen molar-refractivity contribution in [3.05, 3.63) is 11.6 Å². The molecule has 0 aliphatic heterocycles. The number of halogens is 1. The quantitative estimate of drug-likeness (QED) is 0.560. The first-order valence-electron chi connectivity index (χ1n) is 8.58. The highest BCUT2D eigenvalue weighted by Gasteiger charge is 2.28. The van der Waals surface area contributed by atoms with Crippen LogP contribution in [0, 0.1) is 5.41 Å². The average Bonchev–Trinajstić information content (AvgIpc) is 3.00. The Hall–Kier alpha value is -2.42. The van der Waals surface area contributed by atoms with Crippen molar-refractivity contribution in [3.63, 3.8) is 0 Å². The maximum absolute atomic E-state index is 12.3. The number of aromatic nitrogens is 4. The zero-order chi connectivity index (χ0) is 20.2. The fourth-order valence-electron chi connectivity index (χ4n) is 2.19. The standard InChI is InChI=1S/C17H24ClN5O4/c1-6-11(24)26-8-10(27-15(25)17(2,3)4)7-23-9-20-12-13(19-5)21-16(18)22-14(12)23/h9-10H,6-8H2,1-5H3,(H,19,21,22). The normalized spacial score (nSPS) is 12.7. The number of hydrogen-bond donors (Lipinski definition) is 1. The molecular weight excluding hydrogens is 374 g/mol. The van der Waals surface area contributed by atoms with Crippen LogP contribution in [0.5, 0.6) is 0 Å². The Labute approximate surface area is 162 Å². The summed E-state index contributed by atoms with van der Waals surface area (Å²) < 4.78 is 12.4. The number of nitrogens with one attached hydrogen (secondary N) is 1. The van der Waals surface area contributed by atoms with E-state index < -0.39 is 17.5 Å². The molecule has 1 unspecified atom stereocenters. The molecule has 0 aliphatic rings. The second kappa shape index (κ2) is 8.51. The Bertz CT molecular complexity index is 831. The Kier molecular flexibility index (Phi) is 6.59. The number of imidazole rings is 1. The molecule has 2 aromatic rings. The van der Waals surface area contributed by atoms with Gasteiger partial charge in [0.05, 0.1) is 18.3 Å². The smallest absolute Gasteiger partial charge is 0.311 e. The molecule has 0 radical (unpaired) electrons. The number of esters is 2. The molecule has 0 fully saturated rings. The Balaban J connectivity index is 2.28. The van der Waals surface area contributed by atoms with Crippen LogP contribution in [0.4, 0.5) is 5.82 Å². The highest BCUT2D eigenvalue weighted by molar-refractivity contribution is 6.28. The van der Waals surface area contributed by atoms with E-state index in [1.165, 1.54) is 0 Å². The van der Waals surface area contributed by atoms with Crippen molar-refractivity contribution >= 4 is 40.5 Å². The molecular formula is C17H24ClN5O4. The molecule has 2 aromatic heterocycles. The maximum Gasteiger partial charge on any atom is 0.311 e. The summed E-state index contributed by atoms with van der Waals surface area (Å²) >= 11 is 5.98. The van der Waals surface area contributed by atoms with Gasteiger partial charge in [-0.1, -0.05) is 6.92 Å². The number of rotatable bonds is 7. The van der Waals surface area contributed by atoms with E-state index in [-0.39, 0.29) is 30.8 Å². The van der Waals surface area contributed by atoms with Gasteiger partial charge >= 0.3 is 11.9 Å². The van der Waals surface area contributed by atoms with Gasteiger partial charge in [-0.15, -0.1) is 0 Å². The van der Waals surface area contributed by atoms with Gasteiger partial charge < -0.3 is 19.4 Å². The van der Waals surface area contributed by atoms with Gasteiger partial charge in [0.15, 0.2) is 23.1 Å². The molecule has 0 spiro atoms.